The Morgan fingerprint density at radius 3 is 2.70 bits per heavy atom. The Morgan fingerprint density at radius 2 is 1.91 bits per heavy atom. The van der Waals surface area contributed by atoms with Crippen LogP contribution < -0.4 is 9.64 Å². The number of aromatic nitrogens is 4. The van der Waals surface area contributed by atoms with E-state index in [0.29, 0.717) is 50.1 Å². The van der Waals surface area contributed by atoms with Gasteiger partial charge in [0, 0.05) is 17.0 Å². The molecule has 12 heteroatoms. The van der Waals surface area contributed by atoms with Crippen LogP contribution in [0.25, 0.3) is 11.4 Å². The summed E-state index contributed by atoms with van der Waals surface area (Å²) >= 11 is 8.68. The van der Waals surface area contributed by atoms with Crippen molar-refractivity contribution in [2.24, 2.45) is 0 Å². The number of anilines is 1. The van der Waals surface area contributed by atoms with Crippen molar-refractivity contribution < 1.29 is 19.4 Å². The fourth-order valence-corrected chi connectivity index (χ4v) is 6.90. The Hall–Kier alpha value is -4.19. The van der Waals surface area contributed by atoms with E-state index < -0.39 is 17.7 Å². The Bertz CT molecular complexity index is 1870. The highest BCUT2D eigenvalue weighted by atomic mass is 35.5. The maximum Gasteiger partial charge on any atom is 0.301 e. The second-order valence-electron chi connectivity index (χ2n) is 9.83. The number of imidazole rings is 1. The number of hydrogen-bond donors (Lipinski definition) is 1. The topological polar surface area (TPSA) is 110 Å². The molecule has 43 heavy (non-hydrogen) atoms. The lowest BCUT2D eigenvalue weighted by molar-refractivity contribution is -0.132. The fourth-order valence-electron chi connectivity index (χ4n) is 4.95. The first-order valence-corrected chi connectivity index (χ1v) is 15.7. The van der Waals surface area contributed by atoms with Crippen LogP contribution >= 0.6 is 34.7 Å². The summed E-state index contributed by atoms with van der Waals surface area (Å²) in [6, 6.07) is 19.2. The molecule has 1 atom stereocenters. The normalized spacial score (nSPS) is 16.3. The predicted octanol–water partition coefficient (Wildman–Crippen LogP) is 6.86. The zero-order valence-corrected chi connectivity index (χ0v) is 25.6. The van der Waals surface area contributed by atoms with Gasteiger partial charge in [-0.2, -0.15) is 0 Å². The zero-order valence-electron chi connectivity index (χ0n) is 23.2. The maximum absolute atomic E-state index is 13.7. The summed E-state index contributed by atoms with van der Waals surface area (Å²) in [7, 11) is 0. The van der Waals surface area contributed by atoms with E-state index in [1.807, 2.05) is 43.3 Å². The average Bonchev–Trinajstić information content (AvgIpc) is 3.69. The standard InChI is InChI=1S/C31H26ClN5O4S2/c1-3-15-41-22-8-6-7-20(16-22)26-24(27(38)25-18(2)33-23-9-4-5-14-36(23)25)28(39)29(40)37(26)30-34-35-31(43-30)42-17-19-10-12-21(32)13-11-19/h4-14,16,26,38H,3,15,17H2,1-2H3. The number of Topliss-reactive ketones (excluding diaryl/α,β-unsaturated/α-hetero) is 1. The number of ketones is 1. The number of thioether (sulfide) groups is 1. The Balaban J connectivity index is 1.44. The highest BCUT2D eigenvalue weighted by Crippen LogP contribution is 2.45. The summed E-state index contributed by atoms with van der Waals surface area (Å²) in [4.78, 5) is 33.3. The number of fused-ring (bicyclic) bond motifs is 1. The summed E-state index contributed by atoms with van der Waals surface area (Å²) in [5.74, 6) is -0.726. The molecule has 4 heterocycles. The predicted molar refractivity (Wildman–Crippen MR) is 168 cm³/mol. The summed E-state index contributed by atoms with van der Waals surface area (Å²) in [6.45, 7) is 4.27. The number of amides is 1. The van der Waals surface area contributed by atoms with E-state index >= 15 is 0 Å². The van der Waals surface area contributed by atoms with Crippen LogP contribution in [0.4, 0.5) is 5.13 Å². The summed E-state index contributed by atoms with van der Waals surface area (Å²) in [6.07, 6.45) is 2.57. The van der Waals surface area contributed by atoms with E-state index in [9.17, 15) is 14.7 Å². The largest absolute Gasteiger partial charge is 0.505 e. The molecule has 0 aliphatic carbocycles. The molecule has 5 aromatic rings. The van der Waals surface area contributed by atoms with Crippen molar-refractivity contribution in [3.63, 3.8) is 0 Å². The van der Waals surface area contributed by atoms with Gasteiger partial charge < -0.3 is 9.84 Å². The minimum absolute atomic E-state index is 0.0584. The molecule has 1 unspecified atom stereocenters. The van der Waals surface area contributed by atoms with E-state index in [1.165, 1.54) is 28.0 Å². The third kappa shape index (κ3) is 5.63. The molecule has 1 amide bonds. The Labute approximate surface area is 260 Å². The number of aliphatic hydroxyl groups excluding tert-OH is 1. The molecule has 3 aromatic heterocycles. The van der Waals surface area contributed by atoms with Gasteiger partial charge >= 0.3 is 5.91 Å². The smallest absolute Gasteiger partial charge is 0.301 e. The number of pyridine rings is 1. The van der Waals surface area contributed by atoms with Gasteiger partial charge in [0.2, 0.25) is 5.13 Å². The van der Waals surface area contributed by atoms with Gasteiger partial charge in [-0.1, -0.05) is 72.0 Å². The van der Waals surface area contributed by atoms with E-state index in [1.54, 1.807) is 47.9 Å². The van der Waals surface area contributed by atoms with Crippen molar-refractivity contribution in [2.75, 3.05) is 11.5 Å². The number of rotatable bonds is 9. The highest BCUT2D eigenvalue weighted by molar-refractivity contribution is 8.00. The molecule has 0 bridgehead atoms. The average molecular weight is 632 g/mol. The van der Waals surface area contributed by atoms with Crippen LogP contribution in [0.15, 0.2) is 82.8 Å². The molecule has 2 aromatic carbocycles. The second-order valence-corrected chi connectivity index (χ2v) is 12.4. The molecule has 1 fully saturated rings. The van der Waals surface area contributed by atoms with Crippen molar-refractivity contribution in [1.29, 1.82) is 0 Å². The lowest BCUT2D eigenvalue weighted by Crippen LogP contribution is -2.29. The van der Waals surface area contributed by atoms with Crippen LogP contribution in [0.2, 0.25) is 5.02 Å². The van der Waals surface area contributed by atoms with Crippen LogP contribution in [0.3, 0.4) is 0 Å². The maximum atomic E-state index is 13.7. The van der Waals surface area contributed by atoms with Gasteiger partial charge in [0.15, 0.2) is 10.1 Å². The molecular formula is C31H26ClN5O4S2. The van der Waals surface area contributed by atoms with Crippen LogP contribution in [0, 0.1) is 6.92 Å². The SMILES string of the molecule is CCCOc1cccc(C2C(=C(O)c3c(C)nc4ccccn34)C(=O)C(=O)N2c2nnc(SCc3ccc(Cl)cc3)s2)c1. The molecule has 1 aliphatic heterocycles. The van der Waals surface area contributed by atoms with E-state index in [4.69, 9.17) is 16.3 Å². The molecule has 0 spiro atoms. The van der Waals surface area contributed by atoms with Gasteiger partial charge in [-0.05, 0) is 60.9 Å². The number of aliphatic hydroxyl groups is 1. The first-order chi connectivity index (χ1) is 20.9. The van der Waals surface area contributed by atoms with E-state index in [2.05, 4.69) is 15.2 Å². The quantitative estimate of drug-likeness (QED) is 0.0618. The number of nitrogens with zero attached hydrogens (tertiary/aromatic N) is 5. The van der Waals surface area contributed by atoms with Gasteiger partial charge in [-0.25, -0.2) is 4.98 Å². The lowest BCUT2D eigenvalue weighted by Gasteiger charge is -2.23. The molecule has 0 saturated carbocycles. The molecule has 1 saturated heterocycles. The van der Waals surface area contributed by atoms with Crippen molar-refractivity contribution in [1.82, 2.24) is 19.6 Å². The molecule has 1 aliphatic rings. The third-order valence-electron chi connectivity index (χ3n) is 6.90. The van der Waals surface area contributed by atoms with Gasteiger partial charge in [0.1, 0.15) is 17.1 Å². The van der Waals surface area contributed by atoms with Gasteiger partial charge in [0.25, 0.3) is 5.78 Å². The fraction of sp³-hybridized carbons (Fsp3) is 0.194. The zero-order chi connectivity index (χ0) is 30.1. The number of halogens is 1. The Morgan fingerprint density at radius 1 is 1.09 bits per heavy atom. The van der Waals surface area contributed by atoms with E-state index in [-0.39, 0.29) is 16.5 Å². The summed E-state index contributed by atoms with van der Waals surface area (Å²) in [5.41, 5.74) is 3.05. The van der Waals surface area contributed by atoms with Crippen LogP contribution in [0.1, 0.15) is 41.9 Å². The van der Waals surface area contributed by atoms with Crippen molar-refractivity contribution in [2.45, 2.75) is 36.4 Å². The summed E-state index contributed by atoms with van der Waals surface area (Å²) < 4.78 is 8.19. The minimum Gasteiger partial charge on any atom is -0.505 e. The molecular weight excluding hydrogens is 606 g/mol. The molecule has 0 radical (unpaired) electrons. The second kappa shape index (κ2) is 12.2. The van der Waals surface area contributed by atoms with Gasteiger partial charge in [-0.15, -0.1) is 10.2 Å². The van der Waals surface area contributed by atoms with Crippen LogP contribution in [-0.2, 0) is 15.3 Å². The first-order valence-electron chi connectivity index (χ1n) is 13.5. The van der Waals surface area contributed by atoms with E-state index in [0.717, 1.165) is 12.0 Å². The first kappa shape index (κ1) is 28.9. The van der Waals surface area contributed by atoms with Crippen LogP contribution in [0.5, 0.6) is 5.75 Å². The monoisotopic (exact) mass is 631 g/mol. The Kier molecular flexibility index (Phi) is 8.20. The van der Waals surface area contributed by atoms with Crippen molar-refractivity contribution >= 4 is 62.9 Å². The van der Waals surface area contributed by atoms with Crippen LogP contribution in [-0.4, -0.2) is 43.0 Å². The number of ether oxygens (including phenoxy) is 1. The van der Waals surface area contributed by atoms with Crippen molar-refractivity contribution in [3.05, 3.63) is 106 Å². The number of benzene rings is 2. The van der Waals surface area contributed by atoms with Gasteiger partial charge in [-0.3, -0.25) is 18.9 Å². The third-order valence-corrected chi connectivity index (χ3v) is 9.28. The van der Waals surface area contributed by atoms with Crippen molar-refractivity contribution in [3.8, 4) is 5.75 Å². The summed E-state index contributed by atoms with van der Waals surface area (Å²) in [5, 5.41) is 21.3. The number of carbonyl (C=O) groups excluding carboxylic acids is 2. The number of hydrogen-bond acceptors (Lipinski definition) is 9. The van der Waals surface area contributed by atoms with Gasteiger partial charge in [0.05, 0.1) is 23.9 Å². The number of carbonyl (C=O) groups is 2. The molecule has 9 nitrogen and oxygen atoms in total. The highest BCUT2D eigenvalue weighted by Gasteiger charge is 2.49. The molecule has 218 valence electrons. The lowest BCUT2D eigenvalue weighted by atomic mass is 9.96. The molecule has 1 N–H and O–H groups in total. The minimum atomic E-state index is -0.971. The molecule has 6 rings (SSSR count). The number of aryl methyl sites for hydroxylation is 1.